The van der Waals surface area contributed by atoms with E-state index in [-0.39, 0.29) is 5.82 Å². The van der Waals surface area contributed by atoms with Crippen molar-refractivity contribution in [3.05, 3.63) is 17.8 Å². The largest absolute Gasteiger partial charge is 0.435 e. The Hall–Kier alpha value is -1.91. The molecule has 134 valence electrons. The molecule has 1 aliphatic rings. The van der Waals surface area contributed by atoms with Gasteiger partial charge in [0, 0.05) is 12.3 Å². The van der Waals surface area contributed by atoms with Crippen molar-refractivity contribution in [1.29, 1.82) is 0 Å². The fourth-order valence-electron chi connectivity index (χ4n) is 2.65. The number of carbonyl (C=O) groups is 1. The number of nitrogens with zero attached hydrogens (tertiary/aromatic N) is 2. The van der Waals surface area contributed by atoms with Crippen LogP contribution in [0.25, 0.3) is 0 Å². The number of anilines is 1. The molecule has 0 bridgehead atoms. The number of urea groups is 1. The van der Waals surface area contributed by atoms with Gasteiger partial charge in [-0.15, -0.1) is 10.2 Å². The van der Waals surface area contributed by atoms with Gasteiger partial charge >= 0.3 is 12.2 Å². The van der Waals surface area contributed by atoms with Crippen LogP contribution in [0, 0.1) is 0 Å². The lowest BCUT2D eigenvalue weighted by molar-refractivity contribution is -0.141. The zero-order chi connectivity index (χ0) is 18.0. The topological polar surface area (TPSA) is 101 Å². The van der Waals surface area contributed by atoms with Gasteiger partial charge in [0.1, 0.15) is 0 Å². The lowest BCUT2D eigenvalue weighted by Gasteiger charge is -2.30. The smallest absolute Gasteiger partial charge is 0.334 e. The molecule has 1 fully saturated rings. The summed E-state index contributed by atoms with van der Waals surface area (Å²) >= 11 is 0. The molecule has 0 aliphatic heterocycles. The van der Waals surface area contributed by atoms with E-state index < -0.39 is 39.0 Å². The molecule has 1 saturated carbocycles. The summed E-state index contributed by atoms with van der Waals surface area (Å²) in [5, 5.41) is 10.4. The standard InChI is InChI=1S/C13H17F3N4O3S/c1-24(22,23)9-5-3-2-4-8(9)17-12(21)18-11-7-6-10(19-20-11)13(14,15)16/h6-9H,2-5H2,1H3,(H2,17,18,20,21)/t8-,9-/m1/s1. The first-order chi connectivity index (χ1) is 11.1. The number of hydrogen-bond donors (Lipinski definition) is 2. The monoisotopic (exact) mass is 366 g/mol. The molecule has 0 saturated heterocycles. The van der Waals surface area contributed by atoms with Crippen molar-refractivity contribution in [1.82, 2.24) is 15.5 Å². The average Bonchev–Trinajstić information content (AvgIpc) is 2.46. The number of aromatic nitrogens is 2. The van der Waals surface area contributed by atoms with E-state index >= 15 is 0 Å². The summed E-state index contributed by atoms with van der Waals surface area (Å²) in [6, 6.07) is 0.396. The van der Waals surface area contributed by atoms with E-state index in [1.54, 1.807) is 0 Å². The highest BCUT2D eigenvalue weighted by Crippen LogP contribution is 2.27. The minimum absolute atomic E-state index is 0.160. The van der Waals surface area contributed by atoms with Crippen molar-refractivity contribution in [2.24, 2.45) is 0 Å². The maximum absolute atomic E-state index is 12.4. The molecule has 0 spiro atoms. The van der Waals surface area contributed by atoms with Crippen LogP contribution in [0.5, 0.6) is 0 Å². The molecule has 0 radical (unpaired) electrons. The highest BCUT2D eigenvalue weighted by Gasteiger charge is 2.34. The van der Waals surface area contributed by atoms with Gasteiger partial charge in [-0.3, -0.25) is 5.32 Å². The summed E-state index contributed by atoms with van der Waals surface area (Å²) in [5.41, 5.74) is -1.17. The number of amides is 2. The van der Waals surface area contributed by atoms with E-state index in [9.17, 15) is 26.4 Å². The Kier molecular flexibility index (Phi) is 5.31. The molecule has 24 heavy (non-hydrogen) atoms. The molecule has 2 amide bonds. The van der Waals surface area contributed by atoms with E-state index in [1.807, 2.05) is 0 Å². The van der Waals surface area contributed by atoms with E-state index in [1.165, 1.54) is 0 Å². The van der Waals surface area contributed by atoms with Crippen molar-refractivity contribution in [3.63, 3.8) is 0 Å². The molecule has 2 atom stereocenters. The Morgan fingerprint density at radius 1 is 1.21 bits per heavy atom. The lowest BCUT2D eigenvalue weighted by Crippen LogP contribution is -2.49. The van der Waals surface area contributed by atoms with Crippen molar-refractivity contribution in [2.45, 2.75) is 43.2 Å². The number of nitrogens with one attached hydrogen (secondary N) is 2. The predicted octanol–water partition coefficient (Wildman–Crippen LogP) is 1.97. The summed E-state index contributed by atoms with van der Waals surface area (Å²) in [4.78, 5) is 11.9. The number of alkyl halides is 3. The van der Waals surface area contributed by atoms with Crippen molar-refractivity contribution >= 4 is 21.7 Å². The van der Waals surface area contributed by atoms with E-state index in [0.717, 1.165) is 25.2 Å². The molecule has 0 aromatic carbocycles. The molecular formula is C13H17F3N4O3S. The van der Waals surface area contributed by atoms with Gasteiger partial charge in [0.2, 0.25) is 0 Å². The van der Waals surface area contributed by atoms with Crippen LogP contribution < -0.4 is 10.6 Å². The lowest BCUT2D eigenvalue weighted by atomic mass is 9.95. The van der Waals surface area contributed by atoms with Crippen LogP contribution in [0.3, 0.4) is 0 Å². The van der Waals surface area contributed by atoms with E-state index in [4.69, 9.17) is 0 Å². The second kappa shape index (κ2) is 6.91. The molecule has 11 heteroatoms. The first-order valence-corrected chi connectivity index (χ1v) is 9.20. The minimum Gasteiger partial charge on any atom is -0.334 e. The Bertz CT molecular complexity index is 691. The summed E-state index contributed by atoms with van der Waals surface area (Å²) in [6.07, 6.45) is -0.956. The maximum atomic E-state index is 12.4. The van der Waals surface area contributed by atoms with Gasteiger partial charge in [-0.25, -0.2) is 13.2 Å². The zero-order valence-electron chi connectivity index (χ0n) is 12.8. The van der Waals surface area contributed by atoms with Crippen LogP contribution in [0.2, 0.25) is 0 Å². The van der Waals surface area contributed by atoms with Crippen molar-refractivity contribution in [2.75, 3.05) is 11.6 Å². The Balaban J connectivity index is 1.99. The van der Waals surface area contributed by atoms with Crippen LogP contribution in [0.15, 0.2) is 12.1 Å². The maximum Gasteiger partial charge on any atom is 0.435 e. The van der Waals surface area contributed by atoms with Gasteiger partial charge in [-0.1, -0.05) is 12.8 Å². The Labute approximate surface area is 137 Å². The molecule has 2 N–H and O–H groups in total. The molecule has 7 nitrogen and oxygen atoms in total. The van der Waals surface area contributed by atoms with Gasteiger partial charge in [0.05, 0.1) is 5.25 Å². The van der Waals surface area contributed by atoms with Crippen LogP contribution in [0.4, 0.5) is 23.8 Å². The van der Waals surface area contributed by atoms with Crippen molar-refractivity contribution in [3.8, 4) is 0 Å². The SMILES string of the molecule is CS(=O)(=O)[C@@H]1CCCC[C@H]1NC(=O)Nc1ccc(C(F)(F)F)nn1. The third-order valence-corrected chi connectivity index (χ3v) is 5.43. The highest BCUT2D eigenvalue weighted by molar-refractivity contribution is 7.91. The second-order valence-electron chi connectivity index (χ2n) is 5.66. The van der Waals surface area contributed by atoms with Gasteiger partial charge in [0.15, 0.2) is 21.3 Å². The van der Waals surface area contributed by atoms with E-state index in [2.05, 4.69) is 20.8 Å². The first kappa shape index (κ1) is 18.4. The summed E-state index contributed by atoms with van der Waals surface area (Å²) in [6.45, 7) is 0. The quantitative estimate of drug-likeness (QED) is 0.852. The first-order valence-electron chi connectivity index (χ1n) is 7.24. The molecule has 2 rings (SSSR count). The number of rotatable bonds is 3. The van der Waals surface area contributed by atoms with Gasteiger partial charge in [-0.2, -0.15) is 13.2 Å². The van der Waals surface area contributed by atoms with Crippen LogP contribution in [-0.4, -0.2) is 42.2 Å². The van der Waals surface area contributed by atoms with Crippen LogP contribution >= 0.6 is 0 Å². The normalized spacial score (nSPS) is 22.0. The third-order valence-electron chi connectivity index (χ3n) is 3.77. The third kappa shape index (κ3) is 4.79. The number of sulfone groups is 1. The summed E-state index contributed by atoms with van der Waals surface area (Å²) in [7, 11) is -3.31. The fraction of sp³-hybridized carbons (Fsp3) is 0.615. The summed E-state index contributed by atoms with van der Waals surface area (Å²) in [5.74, 6) is -0.160. The molecule has 1 aromatic rings. The highest BCUT2D eigenvalue weighted by atomic mass is 32.2. The Morgan fingerprint density at radius 3 is 2.42 bits per heavy atom. The molecule has 1 heterocycles. The van der Waals surface area contributed by atoms with E-state index in [0.29, 0.717) is 18.9 Å². The van der Waals surface area contributed by atoms with Crippen LogP contribution in [-0.2, 0) is 16.0 Å². The van der Waals surface area contributed by atoms with Gasteiger partial charge in [0.25, 0.3) is 0 Å². The average molecular weight is 366 g/mol. The second-order valence-corrected chi connectivity index (χ2v) is 7.92. The Morgan fingerprint density at radius 2 is 1.88 bits per heavy atom. The molecule has 1 aliphatic carbocycles. The van der Waals surface area contributed by atoms with Crippen LogP contribution in [0.1, 0.15) is 31.4 Å². The number of hydrogen-bond acceptors (Lipinski definition) is 5. The molecule has 0 unspecified atom stereocenters. The number of halogens is 3. The predicted molar refractivity (Wildman–Crippen MR) is 80.1 cm³/mol. The van der Waals surface area contributed by atoms with Gasteiger partial charge in [-0.05, 0) is 25.0 Å². The molecular weight excluding hydrogens is 349 g/mol. The van der Waals surface area contributed by atoms with Crippen molar-refractivity contribution < 1.29 is 26.4 Å². The fourth-order valence-corrected chi connectivity index (χ4v) is 4.04. The number of carbonyl (C=O) groups excluding carboxylic acids is 1. The summed E-state index contributed by atoms with van der Waals surface area (Å²) < 4.78 is 60.7. The minimum atomic E-state index is -4.61. The van der Waals surface area contributed by atoms with Gasteiger partial charge < -0.3 is 5.32 Å². The molecule has 1 aromatic heterocycles. The zero-order valence-corrected chi connectivity index (χ0v) is 13.6.